The summed E-state index contributed by atoms with van der Waals surface area (Å²) in [6.45, 7) is 1.57. The minimum absolute atomic E-state index is 0.0730. The van der Waals surface area contributed by atoms with Crippen molar-refractivity contribution < 1.29 is 9.59 Å². The van der Waals surface area contributed by atoms with Gasteiger partial charge in [-0.25, -0.2) is 9.67 Å². The second-order valence-electron chi connectivity index (χ2n) is 7.41. The lowest BCUT2D eigenvalue weighted by Gasteiger charge is -2.47. The van der Waals surface area contributed by atoms with Gasteiger partial charge in [0.15, 0.2) is 5.13 Å². The van der Waals surface area contributed by atoms with Crippen molar-refractivity contribution in [1.29, 1.82) is 0 Å². The summed E-state index contributed by atoms with van der Waals surface area (Å²) in [5.74, 6) is 1.17. The number of nitrogens with zero attached hydrogens (tertiary/aromatic N) is 7. The van der Waals surface area contributed by atoms with Gasteiger partial charge in [0.05, 0.1) is 18.7 Å². The minimum Gasteiger partial charge on any atom is -0.375 e. The van der Waals surface area contributed by atoms with E-state index in [4.69, 9.17) is 5.73 Å². The molecule has 1 saturated heterocycles. The summed E-state index contributed by atoms with van der Waals surface area (Å²) in [4.78, 5) is 32.7. The highest BCUT2D eigenvalue weighted by molar-refractivity contribution is 8.01. The standard InChI is InChI=1S/C17H23N9O2S3/c1-24(2)3-4-26-17(21-22-23-26)31-8-10-6-25-14(28)13(15(25)29-7-10)20-12(27)5-11-9-30-16(18)19-11/h6,9,13,15H,3-5,7-8H2,1-2H3,(H2,18,19)(H,20,27)/t13?,15-/m1/s1. The number of thiazole rings is 1. The van der Waals surface area contributed by atoms with Crippen LogP contribution >= 0.6 is 34.9 Å². The van der Waals surface area contributed by atoms with Gasteiger partial charge in [-0.2, -0.15) is 0 Å². The molecule has 2 aliphatic heterocycles. The number of fused-ring (bicyclic) bond motifs is 1. The number of amides is 2. The fourth-order valence-electron chi connectivity index (χ4n) is 3.12. The largest absolute Gasteiger partial charge is 0.375 e. The van der Waals surface area contributed by atoms with Crippen molar-refractivity contribution in [1.82, 2.24) is 40.3 Å². The molecule has 1 fully saturated rings. The van der Waals surface area contributed by atoms with Crippen LogP contribution in [0.2, 0.25) is 0 Å². The number of nitrogen functional groups attached to an aromatic ring is 1. The Labute approximate surface area is 191 Å². The van der Waals surface area contributed by atoms with Gasteiger partial charge in [0.25, 0.3) is 5.91 Å². The van der Waals surface area contributed by atoms with E-state index < -0.39 is 6.04 Å². The number of hydrogen-bond acceptors (Lipinski definition) is 11. The summed E-state index contributed by atoms with van der Waals surface area (Å²) >= 11 is 4.50. The molecule has 4 heterocycles. The normalized spacial score (nSPS) is 20.4. The first-order chi connectivity index (χ1) is 14.9. The van der Waals surface area contributed by atoms with Gasteiger partial charge < -0.3 is 20.9 Å². The molecule has 0 saturated carbocycles. The minimum atomic E-state index is -0.503. The first-order valence-electron chi connectivity index (χ1n) is 9.57. The van der Waals surface area contributed by atoms with E-state index in [9.17, 15) is 9.59 Å². The first-order valence-corrected chi connectivity index (χ1v) is 12.5. The highest BCUT2D eigenvalue weighted by Gasteiger charge is 2.49. The van der Waals surface area contributed by atoms with E-state index in [2.05, 4.69) is 30.7 Å². The Balaban J connectivity index is 1.28. The molecule has 3 N–H and O–H groups in total. The number of likely N-dealkylation sites (N-methyl/N-ethyl adjacent to an activating group) is 1. The number of thioether (sulfide) groups is 2. The second kappa shape index (κ2) is 9.54. The maximum Gasteiger partial charge on any atom is 0.253 e. The molecule has 31 heavy (non-hydrogen) atoms. The molecule has 0 spiro atoms. The van der Waals surface area contributed by atoms with Crippen molar-refractivity contribution in [3.8, 4) is 0 Å². The summed E-state index contributed by atoms with van der Waals surface area (Å²) < 4.78 is 1.79. The highest BCUT2D eigenvalue weighted by Crippen LogP contribution is 2.37. The van der Waals surface area contributed by atoms with Gasteiger partial charge in [0.2, 0.25) is 11.1 Å². The van der Waals surface area contributed by atoms with E-state index in [1.807, 2.05) is 20.3 Å². The number of hydrogen-bond donors (Lipinski definition) is 2. The van der Waals surface area contributed by atoms with Gasteiger partial charge in [0.1, 0.15) is 11.4 Å². The summed E-state index contributed by atoms with van der Waals surface area (Å²) in [5.41, 5.74) is 7.34. The molecule has 0 radical (unpaired) electrons. The Hall–Kier alpha value is -2.16. The third-order valence-electron chi connectivity index (χ3n) is 4.71. The summed E-state index contributed by atoms with van der Waals surface area (Å²) in [7, 11) is 4.01. The van der Waals surface area contributed by atoms with Crippen molar-refractivity contribution in [3.63, 3.8) is 0 Å². The predicted molar refractivity (Wildman–Crippen MR) is 120 cm³/mol. The average Bonchev–Trinajstić information content (AvgIpc) is 3.36. The van der Waals surface area contributed by atoms with Crippen molar-refractivity contribution in [3.05, 3.63) is 22.8 Å². The molecule has 2 aromatic rings. The summed E-state index contributed by atoms with van der Waals surface area (Å²) in [5, 5.41) is 17.6. The molecule has 2 aromatic heterocycles. The van der Waals surface area contributed by atoms with Crippen molar-refractivity contribution in [2.45, 2.75) is 29.5 Å². The highest BCUT2D eigenvalue weighted by atomic mass is 32.2. The summed E-state index contributed by atoms with van der Waals surface area (Å²) in [6, 6.07) is -0.503. The van der Waals surface area contributed by atoms with E-state index in [1.165, 1.54) is 11.3 Å². The molecule has 2 aliphatic rings. The Morgan fingerprint density at radius 1 is 1.45 bits per heavy atom. The molecule has 0 aliphatic carbocycles. The number of carbonyl (C=O) groups is 2. The van der Waals surface area contributed by atoms with Crippen LogP contribution in [0.1, 0.15) is 5.69 Å². The lowest BCUT2D eigenvalue weighted by Crippen LogP contribution is -2.68. The van der Waals surface area contributed by atoms with Crippen molar-refractivity contribution in [2.75, 3.05) is 37.9 Å². The monoisotopic (exact) mass is 481 g/mol. The van der Waals surface area contributed by atoms with Crippen LogP contribution in [-0.2, 0) is 22.6 Å². The van der Waals surface area contributed by atoms with E-state index in [0.717, 1.165) is 29.6 Å². The Bertz CT molecular complexity index is 989. The number of aromatic nitrogens is 5. The quantitative estimate of drug-likeness (QED) is 0.369. The lowest BCUT2D eigenvalue weighted by molar-refractivity contribution is -0.144. The van der Waals surface area contributed by atoms with Crippen LogP contribution in [0.15, 0.2) is 22.3 Å². The van der Waals surface area contributed by atoms with E-state index >= 15 is 0 Å². The number of nitrogens with one attached hydrogen (secondary N) is 1. The molecule has 0 aromatic carbocycles. The molecule has 0 bridgehead atoms. The fraction of sp³-hybridized carbons (Fsp3) is 0.529. The van der Waals surface area contributed by atoms with Crippen LogP contribution in [-0.4, -0.2) is 90.4 Å². The molecule has 2 amide bonds. The number of rotatable bonds is 9. The van der Waals surface area contributed by atoms with Gasteiger partial charge in [-0.15, -0.1) is 28.2 Å². The molecular weight excluding hydrogens is 458 g/mol. The third-order valence-corrected chi connectivity index (χ3v) is 7.88. The smallest absolute Gasteiger partial charge is 0.253 e. The van der Waals surface area contributed by atoms with Gasteiger partial charge in [-0.05, 0) is 30.1 Å². The van der Waals surface area contributed by atoms with Crippen molar-refractivity contribution in [2.24, 2.45) is 0 Å². The molecule has 4 rings (SSSR count). The number of tetrazole rings is 1. The zero-order chi connectivity index (χ0) is 22.0. The predicted octanol–water partition coefficient (Wildman–Crippen LogP) is -0.108. The number of anilines is 1. The molecule has 1 unspecified atom stereocenters. The molecular formula is C17H23N9O2S3. The van der Waals surface area contributed by atoms with Gasteiger partial charge in [-0.1, -0.05) is 11.8 Å². The molecule has 2 atom stereocenters. The summed E-state index contributed by atoms with van der Waals surface area (Å²) in [6.07, 6.45) is 2.02. The van der Waals surface area contributed by atoms with E-state index in [1.54, 1.807) is 38.5 Å². The Morgan fingerprint density at radius 3 is 3.03 bits per heavy atom. The lowest BCUT2D eigenvalue weighted by atomic mass is 10.1. The van der Waals surface area contributed by atoms with Crippen LogP contribution in [0.4, 0.5) is 5.13 Å². The maximum absolute atomic E-state index is 12.5. The maximum atomic E-state index is 12.5. The molecule has 14 heteroatoms. The van der Waals surface area contributed by atoms with Crippen LogP contribution < -0.4 is 11.1 Å². The third kappa shape index (κ3) is 5.19. The van der Waals surface area contributed by atoms with E-state index in [-0.39, 0.29) is 23.6 Å². The van der Waals surface area contributed by atoms with E-state index in [0.29, 0.717) is 16.6 Å². The Morgan fingerprint density at radius 2 is 2.29 bits per heavy atom. The van der Waals surface area contributed by atoms with Crippen LogP contribution in [0.5, 0.6) is 0 Å². The molecule has 11 nitrogen and oxygen atoms in total. The van der Waals surface area contributed by atoms with Gasteiger partial charge >= 0.3 is 0 Å². The van der Waals surface area contributed by atoms with Crippen LogP contribution in [0.25, 0.3) is 0 Å². The zero-order valence-corrected chi connectivity index (χ0v) is 19.5. The number of nitrogens with two attached hydrogens (primary N) is 1. The fourth-order valence-corrected chi connectivity index (χ4v) is 5.94. The second-order valence-corrected chi connectivity index (χ2v) is 10.3. The van der Waals surface area contributed by atoms with Gasteiger partial charge in [-0.3, -0.25) is 9.59 Å². The van der Waals surface area contributed by atoms with Crippen LogP contribution in [0, 0.1) is 0 Å². The van der Waals surface area contributed by atoms with Gasteiger partial charge in [0, 0.05) is 29.6 Å². The van der Waals surface area contributed by atoms with Crippen molar-refractivity contribution >= 4 is 51.8 Å². The number of carbonyl (C=O) groups excluding carboxylic acids is 2. The Kier molecular flexibility index (Phi) is 6.79. The zero-order valence-electron chi connectivity index (χ0n) is 17.1. The average molecular weight is 482 g/mol. The SMILES string of the molecule is CN(C)CCn1nnnc1SCC1=CN2C(=O)C(NC(=O)Cc3csc(N)n3)[C@H]2SC1. The molecule has 166 valence electrons. The first kappa shape index (κ1) is 22.0. The van der Waals surface area contributed by atoms with Crippen LogP contribution in [0.3, 0.4) is 0 Å². The number of β-lactam (4-membered cyclic amide) rings is 1. The topological polar surface area (TPSA) is 135 Å².